The van der Waals surface area contributed by atoms with Gasteiger partial charge in [-0.2, -0.15) is 0 Å². The average Bonchev–Trinajstić information content (AvgIpc) is 3.56. The maximum absolute atomic E-state index is 8.92. The van der Waals surface area contributed by atoms with Gasteiger partial charge >= 0.3 is 0 Å². The summed E-state index contributed by atoms with van der Waals surface area (Å²) < 4.78 is 65.2. The van der Waals surface area contributed by atoms with E-state index in [0.29, 0.717) is 23.1 Å². The van der Waals surface area contributed by atoms with E-state index in [1.807, 2.05) is 63.2 Å². The first-order valence-electron chi connectivity index (χ1n) is 22.4. The molecule has 6 atom stereocenters. The van der Waals surface area contributed by atoms with Crippen molar-refractivity contribution in [2.45, 2.75) is 125 Å². The van der Waals surface area contributed by atoms with Crippen molar-refractivity contribution in [2.24, 2.45) is 34.5 Å². The van der Waals surface area contributed by atoms with Crippen LogP contribution in [-0.4, -0.2) is 16.1 Å². The molecule has 1 aliphatic heterocycles. The number of fused-ring (bicyclic) bond motifs is 7. The van der Waals surface area contributed by atoms with Crippen LogP contribution in [0.15, 0.2) is 67.0 Å². The zero-order chi connectivity index (χ0) is 41.1. The summed E-state index contributed by atoms with van der Waals surface area (Å²) in [6.45, 7) is 8.63. The van der Waals surface area contributed by atoms with Gasteiger partial charge in [0.15, 0.2) is 0 Å². The van der Waals surface area contributed by atoms with Gasteiger partial charge < -0.3 is 14.7 Å². The molecular weight excluding hydrogens is 801 g/mol. The van der Waals surface area contributed by atoms with E-state index in [1.165, 1.54) is 56.7 Å². The molecule has 0 bridgehead atoms. The number of aryl methyl sites for hydroxylation is 1. The van der Waals surface area contributed by atoms with Crippen LogP contribution in [0.2, 0.25) is 0 Å². The van der Waals surface area contributed by atoms with Crippen LogP contribution in [0.25, 0.3) is 22.5 Å². The van der Waals surface area contributed by atoms with E-state index in [4.69, 9.17) is 14.3 Å². The zero-order valence-electron chi connectivity index (χ0n) is 38.1. The van der Waals surface area contributed by atoms with Gasteiger partial charge in [-0.1, -0.05) is 95.7 Å². The monoisotopic (exact) mass is 866 g/mol. The van der Waals surface area contributed by atoms with E-state index in [-0.39, 0.29) is 37.3 Å². The minimum absolute atomic E-state index is 0. The molecule has 4 heteroatoms. The number of rotatable bonds is 4. The first-order valence-corrected chi connectivity index (χ1v) is 18.9. The Kier molecular flexibility index (Phi) is 9.09. The molecule has 2 aromatic heterocycles. The largest absolute Gasteiger partial charge is 0.533 e. The van der Waals surface area contributed by atoms with Crippen molar-refractivity contribution in [1.82, 2.24) is 9.97 Å². The van der Waals surface area contributed by atoms with Crippen LogP contribution in [0, 0.1) is 53.5 Å². The van der Waals surface area contributed by atoms with Crippen molar-refractivity contribution in [3.8, 4) is 28.3 Å². The predicted octanol–water partition coefficient (Wildman–Crippen LogP) is 12.1. The summed E-state index contributed by atoms with van der Waals surface area (Å²) in [5, 5.41) is 0. The molecule has 1 radical (unpaired) electrons. The Hall–Kier alpha value is -2.81. The van der Waals surface area contributed by atoms with E-state index in [9.17, 15) is 0 Å². The van der Waals surface area contributed by atoms with Crippen molar-refractivity contribution < 1.29 is 34.4 Å². The zero-order valence-corrected chi connectivity index (χ0v) is 33.5. The number of ether oxygens (including phenoxy) is 1. The average molecular weight is 866 g/mol. The Labute approximate surface area is 332 Å². The van der Waals surface area contributed by atoms with Gasteiger partial charge in [-0.05, 0) is 109 Å². The van der Waals surface area contributed by atoms with Gasteiger partial charge in [0.05, 0.1) is 6.10 Å². The molecule has 3 aliphatic carbocycles. The molecule has 0 N–H and O–H groups in total. The van der Waals surface area contributed by atoms with Crippen LogP contribution in [0.1, 0.15) is 131 Å². The minimum atomic E-state index is -2.46. The smallest absolute Gasteiger partial charge is 0.0918 e. The molecule has 4 aliphatic rings. The van der Waals surface area contributed by atoms with Gasteiger partial charge in [-0.3, -0.25) is 0 Å². The summed E-state index contributed by atoms with van der Waals surface area (Å²) >= 11 is 0. The van der Waals surface area contributed by atoms with Crippen LogP contribution in [0.4, 0.5) is 0 Å². The molecule has 0 saturated heterocycles. The summed E-state index contributed by atoms with van der Waals surface area (Å²) in [5.41, 5.74) is 3.75. The quantitative estimate of drug-likeness (QED) is 0.192. The fourth-order valence-electron chi connectivity index (χ4n) is 9.26. The fourth-order valence-corrected chi connectivity index (χ4v) is 9.26. The van der Waals surface area contributed by atoms with Crippen LogP contribution in [0.5, 0.6) is 5.75 Å². The normalized spacial score (nSPS) is 27.9. The number of hydrogen-bond donors (Lipinski definition) is 0. The van der Waals surface area contributed by atoms with Crippen LogP contribution in [-0.2, 0) is 32.9 Å². The molecule has 0 spiro atoms. The van der Waals surface area contributed by atoms with Crippen LogP contribution >= 0.6 is 0 Å². The van der Waals surface area contributed by atoms with Crippen LogP contribution < -0.4 is 4.74 Å². The number of nitrogens with zero attached hydrogens (tertiary/aromatic N) is 2. The Balaban J connectivity index is 0.000000240. The molecular formula is C47H58IrN2O-2. The summed E-state index contributed by atoms with van der Waals surface area (Å²) in [6, 6.07) is 23.6. The summed E-state index contributed by atoms with van der Waals surface area (Å²) in [4.78, 5) is 8.93. The van der Waals surface area contributed by atoms with Gasteiger partial charge in [0.2, 0.25) is 0 Å². The Morgan fingerprint density at radius 1 is 0.804 bits per heavy atom. The minimum Gasteiger partial charge on any atom is -0.533 e. The van der Waals surface area contributed by atoms with Crippen molar-refractivity contribution in [2.75, 3.05) is 0 Å². The number of pyridine rings is 2. The Morgan fingerprint density at radius 2 is 1.57 bits per heavy atom. The van der Waals surface area contributed by atoms with E-state index in [2.05, 4.69) is 28.2 Å². The number of aromatic nitrogens is 2. The second-order valence-corrected chi connectivity index (χ2v) is 17.1. The van der Waals surface area contributed by atoms with E-state index in [0.717, 1.165) is 46.7 Å². The van der Waals surface area contributed by atoms with Gasteiger partial charge in [0.25, 0.3) is 0 Å². The van der Waals surface area contributed by atoms with Crippen molar-refractivity contribution >= 4 is 0 Å². The molecule has 51 heavy (non-hydrogen) atoms. The molecule has 0 amide bonds. The summed E-state index contributed by atoms with van der Waals surface area (Å²) in [7, 11) is 0. The predicted molar refractivity (Wildman–Crippen MR) is 206 cm³/mol. The molecule has 4 aromatic rings. The fraction of sp³-hybridized carbons (Fsp3) is 0.532. The number of benzene rings is 2. The van der Waals surface area contributed by atoms with E-state index in [1.54, 1.807) is 33.0 Å². The third-order valence-corrected chi connectivity index (χ3v) is 11.1. The van der Waals surface area contributed by atoms with Gasteiger partial charge in [-0.15, -0.1) is 54.1 Å². The first kappa shape index (κ1) is 29.6. The maximum Gasteiger partial charge on any atom is 0.0918 e. The third-order valence-electron chi connectivity index (χ3n) is 11.1. The Morgan fingerprint density at radius 3 is 2.29 bits per heavy atom. The summed E-state index contributed by atoms with van der Waals surface area (Å²) in [6.07, 6.45) is 10.4. The molecule has 273 valence electrons. The SMILES string of the molecule is [2H]C([2H])([2H])c1cnc(-c2[c-]ccc3c2OC2CC[C@H]4CC[C@H]5CCCC[C@H]5[C@H]4[C@@H]32)cc1C([2H])([2H])C(C)(C)C.[2H]C([2H])(c1ccc(-c2[c-]cccc2)nc1)C(C)(C)C.[Ir]. The third kappa shape index (κ3) is 8.71. The van der Waals surface area contributed by atoms with Gasteiger partial charge in [0.1, 0.15) is 0 Å². The first-order chi connectivity index (χ1) is 26.7. The molecule has 3 saturated carbocycles. The molecule has 3 nitrogen and oxygen atoms in total. The van der Waals surface area contributed by atoms with E-state index < -0.39 is 30.4 Å². The molecule has 3 heterocycles. The van der Waals surface area contributed by atoms with Crippen molar-refractivity contribution in [3.63, 3.8) is 0 Å². The second-order valence-electron chi connectivity index (χ2n) is 17.1. The molecule has 1 unspecified atom stereocenters. The second kappa shape index (κ2) is 15.7. The van der Waals surface area contributed by atoms with E-state index >= 15 is 0 Å². The number of hydrogen-bond acceptors (Lipinski definition) is 3. The van der Waals surface area contributed by atoms with Crippen molar-refractivity contribution in [1.29, 1.82) is 0 Å². The van der Waals surface area contributed by atoms with Gasteiger partial charge in [-0.25, -0.2) is 0 Å². The standard InChI is InChI=1S/C31H40NO.C16H18N.Ir/c1-19-18-32-26(16-22(19)17-31(2,3)4)24-10-7-11-25-29-27(33-30(24)25)15-14-21-13-12-20-8-5-6-9-23(20)28(21)29;1-16(2,3)11-13-9-10-15(17-12-13)14-7-5-4-6-8-14;/h7,11,16,18,20-21,23,27-29H,5-6,8-9,12-15,17H2,1-4H3;4-7,9-10,12H,11H2,1-3H3;/q2*-1;/t20-,21-,23-,27?,28+,29+;;/m1../s1/i1D3,17D2;11D2;. The molecule has 3 fully saturated rings. The summed E-state index contributed by atoms with van der Waals surface area (Å²) in [5.74, 6) is 4.32. The Bertz CT molecular complexity index is 2040. The molecule has 8 rings (SSSR count). The van der Waals surface area contributed by atoms with Gasteiger partial charge in [0, 0.05) is 53.8 Å². The topological polar surface area (TPSA) is 35.0 Å². The molecule has 2 aromatic carbocycles. The van der Waals surface area contributed by atoms with Crippen LogP contribution in [0.3, 0.4) is 0 Å². The van der Waals surface area contributed by atoms with Crippen molar-refractivity contribution in [3.05, 3.63) is 101 Å². The maximum atomic E-state index is 8.92.